The van der Waals surface area contributed by atoms with Crippen LogP contribution in [0.15, 0.2) is 5.38 Å². The van der Waals surface area contributed by atoms with Crippen molar-refractivity contribution in [2.24, 2.45) is 0 Å². The predicted molar refractivity (Wildman–Crippen MR) is 57.5 cm³/mol. The molecule has 1 atom stereocenters. The zero-order valence-corrected chi connectivity index (χ0v) is 9.03. The van der Waals surface area contributed by atoms with Crippen LogP contribution in [0.5, 0.6) is 0 Å². The first-order chi connectivity index (χ1) is 6.29. The van der Waals surface area contributed by atoms with Gasteiger partial charge in [-0.15, -0.1) is 11.3 Å². The molecule has 1 aromatic rings. The molecule has 0 aliphatic heterocycles. The van der Waals surface area contributed by atoms with Crippen LogP contribution in [0.1, 0.15) is 44.7 Å². The Kier molecular flexibility index (Phi) is 2.54. The molecule has 0 unspecified atom stereocenters. The summed E-state index contributed by atoms with van der Waals surface area (Å²) in [4.78, 5) is 4.57. The first kappa shape index (κ1) is 9.00. The van der Waals surface area contributed by atoms with Crippen LogP contribution in [0.3, 0.4) is 0 Å². The number of hydrogen-bond donors (Lipinski definition) is 1. The van der Waals surface area contributed by atoms with Crippen LogP contribution in [0.4, 0.5) is 5.13 Å². The van der Waals surface area contributed by atoms with E-state index in [4.69, 9.17) is 0 Å². The molecule has 1 fully saturated rings. The smallest absolute Gasteiger partial charge is 0.183 e. The van der Waals surface area contributed by atoms with E-state index in [2.05, 4.69) is 29.5 Å². The summed E-state index contributed by atoms with van der Waals surface area (Å²) in [7, 11) is 0. The minimum Gasteiger partial charge on any atom is -0.359 e. The minimum atomic E-state index is 0.603. The summed E-state index contributed by atoms with van der Waals surface area (Å²) in [6.07, 6.45) is 3.81. The number of aromatic nitrogens is 1. The lowest BCUT2D eigenvalue weighted by Crippen LogP contribution is -2.00. The Morgan fingerprint density at radius 2 is 2.46 bits per heavy atom. The molecule has 3 heteroatoms. The van der Waals surface area contributed by atoms with Gasteiger partial charge in [-0.1, -0.05) is 13.8 Å². The molecular weight excluding hydrogens is 180 g/mol. The molecule has 1 N–H and O–H groups in total. The molecule has 0 saturated heterocycles. The van der Waals surface area contributed by atoms with E-state index in [0.29, 0.717) is 5.92 Å². The van der Waals surface area contributed by atoms with Crippen LogP contribution < -0.4 is 5.32 Å². The monoisotopic (exact) mass is 196 g/mol. The molecule has 0 bridgehead atoms. The molecule has 0 aromatic carbocycles. The molecule has 1 aliphatic rings. The molecule has 0 radical (unpaired) electrons. The van der Waals surface area contributed by atoms with Crippen LogP contribution in [0.25, 0.3) is 0 Å². The fourth-order valence-corrected chi connectivity index (χ4v) is 2.10. The van der Waals surface area contributed by atoms with Gasteiger partial charge in [-0.2, -0.15) is 0 Å². The highest BCUT2D eigenvalue weighted by atomic mass is 32.1. The average Bonchev–Trinajstić information content (AvgIpc) is 2.81. The maximum Gasteiger partial charge on any atom is 0.183 e. The van der Waals surface area contributed by atoms with Crippen LogP contribution in [0, 0.1) is 0 Å². The lowest BCUT2D eigenvalue weighted by Gasteiger charge is -2.02. The molecule has 1 aromatic heterocycles. The van der Waals surface area contributed by atoms with Gasteiger partial charge >= 0.3 is 0 Å². The van der Waals surface area contributed by atoms with Gasteiger partial charge in [0.25, 0.3) is 0 Å². The van der Waals surface area contributed by atoms with Crippen molar-refractivity contribution in [3.8, 4) is 0 Å². The van der Waals surface area contributed by atoms with Crippen molar-refractivity contribution >= 4 is 16.5 Å². The third-order valence-electron chi connectivity index (χ3n) is 2.54. The van der Waals surface area contributed by atoms with Gasteiger partial charge in [0, 0.05) is 11.4 Å². The van der Waals surface area contributed by atoms with E-state index in [1.165, 1.54) is 25.0 Å². The number of hydrogen-bond acceptors (Lipinski definition) is 3. The summed E-state index contributed by atoms with van der Waals surface area (Å²) in [5, 5.41) is 6.71. The summed E-state index contributed by atoms with van der Waals surface area (Å²) in [6.45, 7) is 4.44. The van der Waals surface area contributed by atoms with Gasteiger partial charge in [0.05, 0.1) is 5.69 Å². The van der Waals surface area contributed by atoms with E-state index in [9.17, 15) is 0 Å². The van der Waals surface area contributed by atoms with Crippen molar-refractivity contribution in [2.75, 3.05) is 5.32 Å². The fraction of sp³-hybridized carbons (Fsp3) is 0.700. The molecule has 1 aliphatic carbocycles. The minimum absolute atomic E-state index is 0.603. The Hall–Kier alpha value is -0.570. The molecule has 1 saturated carbocycles. The Morgan fingerprint density at radius 3 is 3.08 bits per heavy atom. The van der Waals surface area contributed by atoms with E-state index in [1.54, 1.807) is 11.3 Å². The second-order valence-electron chi connectivity index (χ2n) is 3.81. The summed E-state index contributed by atoms with van der Waals surface area (Å²) >= 11 is 1.74. The Morgan fingerprint density at radius 1 is 1.69 bits per heavy atom. The fourth-order valence-electron chi connectivity index (χ4n) is 1.19. The Labute approximate surface area is 83.4 Å². The van der Waals surface area contributed by atoms with Crippen LogP contribution in [0.2, 0.25) is 0 Å². The average molecular weight is 196 g/mol. The van der Waals surface area contributed by atoms with Crippen molar-refractivity contribution < 1.29 is 0 Å². The second-order valence-corrected chi connectivity index (χ2v) is 4.66. The summed E-state index contributed by atoms with van der Waals surface area (Å²) in [5.74, 6) is 0.603. The maximum absolute atomic E-state index is 4.57. The van der Waals surface area contributed by atoms with Crippen molar-refractivity contribution in [1.82, 2.24) is 4.98 Å². The Balaban J connectivity index is 1.99. The highest BCUT2D eigenvalue weighted by molar-refractivity contribution is 7.13. The summed E-state index contributed by atoms with van der Waals surface area (Å²) in [6, 6.07) is 0.718. The number of anilines is 1. The molecular formula is C10H16N2S. The third kappa shape index (κ3) is 2.21. The zero-order chi connectivity index (χ0) is 9.26. The predicted octanol–water partition coefficient (Wildman–Crippen LogP) is 3.23. The van der Waals surface area contributed by atoms with Crippen LogP contribution >= 0.6 is 11.3 Å². The van der Waals surface area contributed by atoms with Crippen LogP contribution in [-0.4, -0.2) is 11.0 Å². The van der Waals surface area contributed by atoms with Gasteiger partial charge in [-0.3, -0.25) is 0 Å². The van der Waals surface area contributed by atoms with E-state index in [1.807, 2.05) is 0 Å². The molecule has 72 valence electrons. The topological polar surface area (TPSA) is 24.9 Å². The number of nitrogens with one attached hydrogen (secondary N) is 1. The molecule has 2 nitrogen and oxygen atoms in total. The SMILES string of the molecule is CC[C@@H](C)c1csc(NC2CC2)n1. The number of thiazole rings is 1. The van der Waals surface area contributed by atoms with Gasteiger partial charge in [0.2, 0.25) is 0 Å². The molecule has 13 heavy (non-hydrogen) atoms. The van der Waals surface area contributed by atoms with E-state index >= 15 is 0 Å². The first-order valence-electron chi connectivity index (χ1n) is 5.01. The number of nitrogens with zero attached hydrogens (tertiary/aromatic N) is 1. The van der Waals surface area contributed by atoms with Gasteiger partial charge in [0.15, 0.2) is 5.13 Å². The largest absolute Gasteiger partial charge is 0.359 e. The Bertz CT molecular complexity index is 278. The van der Waals surface area contributed by atoms with E-state index in [0.717, 1.165) is 11.2 Å². The van der Waals surface area contributed by atoms with Crippen molar-refractivity contribution in [2.45, 2.75) is 45.1 Å². The molecule has 1 heterocycles. The van der Waals surface area contributed by atoms with Crippen molar-refractivity contribution in [3.63, 3.8) is 0 Å². The van der Waals surface area contributed by atoms with E-state index in [-0.39, 0.29) is 0 Å². The highest BCUT2D eigenvalue weighted by Gasteiger charge is 2.22. The second kappa shape index (κ2) is 3.66. The van der Waals surface area contributed by atoms with Crippen molar-refractivity contribution in [1.29, 1.82) is 0 Å². The normalized spacial score (nSPS) is 18.6. The van der Waals surface area contributed by atoms with Crippen LogP contribution in [-0.2, 0) is 0 Å². The third-order valence-corrected chi connectivity index (χ3v) is 3.34. The maximum atomic E-state index is 4.57. The number of rotatable bonds is 4. The standard InChI is InChI=1S/C10H16N2S/c1-3-7(2)9-6-13-10(12-9)11-8-4-5-8/h6-8H,3-5H2,1-2H3,(H,11,12)/t7-/m1/s1. The molecule has 0 amide bonds. The molecule has 2 rings (SSSR count). The van der Waals surface area contributed by atoms with Gasteiger partial charge in [0.1, 0.15) is 0 Å². The van der Waals surface area contributed by atoms with Crippen molar-refractivity contribution in [3.05, 3.63) is 11.1 Å². The zero-order valence-electron chi connectivity index (χ0n) is 8.21. The molecule has 0 spiro atoms. The van der Waals surface area contributed by atoms with E-state index < -0.39 is 0 Å². The first-order valence-corrected chi connectivity index (χ1v) is 5.89. The highest BCUT2D eigenvalue weighted by Crippen LogP contribution is 2.29. The lowest BCUT2D eigenvalue weighted by molar-refractivity contribution is 0.714. The lowest BCUT2D eigenvalue weighted by atomic mass is 10.1. The quantitative estimate of drug-likeness (QED) is 0.799. The summed E-state index contributed by atoms with van der Waals surface area (Å²) in [5.41, 5.74) is 1.25. The van der Waals surface area contributed by atoms with Gasteiger partial charge in [-0.25, -0.2) is 4.98 Å². The summed E-state index contributed by atoms with van der Waals surface area (Å²) < 4.78 is 0. The van der Waals surface area contributed by atoms with Gasteiger partial charge < -0.3 is 5.32 Å². The van der Waals surface area contributed by atoms with Gasteiger partial charge in [-0.05, 0) is 25.2 Å².